The summed E-state index contributed by atoms with van der Waals surface area (Å²) in [5.74, 6) is 1.18. The maximum Gasteiger partial charge on any atom is 0.115 e. The average molecular weight is 504 g/mol. The van der Waals surface area contributed by atoms with E-state index in [1.807, 2.05) is 24.6 Å². The summed E-state index contributed by atoms with van der Waals surface area (Å²) in [4.78, 5) is 9.68. The molecule has 3 rings (SSSR count). The monoisotopic (exact) mass is 503 g/mol. The Hall–Kier alpha value is -2.43. The van der Waals surface area contributed by atoms with Crippen molar-refractivity contribution in [3.05, 3.63) is 83.9 Å². The molecule has 1 N–H and O–H groups in total. The molecule has 3 aliphatic rings. The van der Waals surface area contributed by atoms with Gasteiger partial charge in [-0.25, -0.2) is 0 Å². The van der Waals surface area contributed by atoms with Gasteiger partial charge in [0.2, 0.25) is 0 Å². The smallest absolute Gasteiger partial charge is 0.115 e. The summed E-state index contributed by atoms with van der Waals surface area (Å²) in [5.41, 5.74) is 2.90. The summed E-state index contributed by atoms with van der Waals surface area (Å²) in [6, 6.07) is 0.586. The Balaban J connectivity index is 1.57. The lowest BCUT2D eigenvalue weighted by Crippen LogP contribution is -2.55. The van der Waals surface area contributed by atoms with Gasteiger partial charge < -0.3 is 5.11 Å². The van der Waals surface area contributed by atoms with E-state index in [2.05, 4.69) is 91.9 Å². The molecular formula is C33H49N3O. The topological polar surface area (TPSA) is 39.1 Å². The highest BCUT2D eigenvalue weighted by Gasteiger charge is 2.35. The van der Waals surface area contributed by atoms with Gasteiger partial charge in [-0.2, -0.15) is 0 Å². The Morgan fingerprint density at radius 2 is 2.00 bits per heavy atom. The third kappa shape index (κ3) is 8.83. The van der Waals surface area contributed by atoms with Crippen molar-refractivity contribution in [3.8, 4) is 0 Å². The number of hydrogen-bond acceptors (Lipinski definition) is 4. The molecule has 0 amide bonds. The van der Waals surface area contributed by atoms with Gasteiger partial charge in [0, 0.05) is 57.1 Å². The first-order chi connectivity index (χ1) is 17.8. The van der Waals surface area contributed by atoms with Gasteiger partial charge in [0.25, 0.3) is 0 Å². The van der Waals surface area contributed by atoms with E-state index >= 15 is 0 Å². The molecule has 0 radical (unpaired) electrons. The fourth-order valence-corrected chi connectivity index (χ4v) is 5.43. The van der Waals surface area contributed by atoms with Crippen LogP contribution in [0.1, 0.15) is 60.3 Å². The first-order valence-corrected chi connectivity index (χ1v) is 14.3. The molecule has 0 spiro atoms. The molecule has 0 saturated carbocycles. The predicted octanol–water partition coefficient (Wildman–Crippen LogP) is 7.43. The van der Waals surface area contributed by atoms with Crippen molar-refractivity contribution in [2.24, 2.45) is 22.2 Å². The van der Waals surface area contributed by atoms with Crippen LogP contribution in [0.3, 0.4) is 0 Å². The van der Waals surface area contributed by atoms with Crippen LogP contribution in [0.4, 0.5) is 0 Å². The van der Waals surface area contributed by atoms with Crippen molar-refractivity contribution in [3.63, 3.8) is 0 Å². The third-order valence-electron chi connectivity index (χ3n) is 8.32. The van der Waals surface area contributed by atoms with Crippen LogP contribution in [-0.4, -0.2) is 59.9 Å². The summed E-state index contributed by atoms with van der Waals surface area (Å²) < 4.78 is 0. The molecule has 1 fully saturated rings. The zero-order valence-electron chi connectivity index (χ0n) is 23.8. The largest absolute Gasteiger partial charge is 0.508 e. The van der Waals surface area contributed by atoms with E-state index in [-0.39, 0.29) is 5.41 Å². The fraction of sp³-hybridized carbons (Fsp3) is 0.545. The number of hydrogen-bond donors (Lipinski definition) is 1. The van der Waals surface area contributed by atoms with Gasteiger partial charge in [-0.3, -0.25) is 14.8 Å². The highest BCUT2D eigenvalue weighted by Crippen LogP contribution is 2.39. The van der Waals surface area contributed by atoms with Crippen LogP contribution in [0.15, 0.2) is 88.9 Å². The lowest BCUT2D eigenvalue weighted by atomic mass is 9.69. The Morgan fingerprint density at radius 3 is 2.78 bits per heavy atom. The van der Waals surface area contributed by atoms with Gasteiger partial charge in [-0.1, -0.05) is 83.2 Å². The van der Waals surface area contributed by atoms with Crippen LogP contribution in [0, 0.1) is 17.3 Å². The van der Waals surface area contributed by atoms with Gasteiger partial charge in [0.1, 0.15) is 5.76 Å². The first-order valence-electron chi connectivity index (χ1n) is 14.3. The van der Waals surface area contributed by atoms with Crippen molar-refractivity contribution < 1.29 is 5.11 Å². The van der Waals surface area contributed by atoms with Crippen molar-refractivity contribution in [2.45, 2.75) is 66.3 Å². The van der Waals surface area contributed by atoms with Crippen molar-refractivity contribution in [2.75, 3.05) is 32.7 Å². The van der Waals surface area contributed by atoms with Crippen LogP contribution in [0.2, 0.25) is 0 Å². The zero-order valence-corrected chi connectivity index (χ0v) is 23.8. The lowest BCUT2D eigenvalue weighted by Gasteiger charge is -2.45. The predicted molar refractivity (Wildman–Crippen MR) is 160 cm³/mol. The highest BCUT2D eigenvalue weighted by molar-refractivity contribution is 5.57. The van der Waals surface area contributed by atoms with E-state index in [4.69, 9.17) is 0 Å². The molecule has 0 aromatic carbocycles. The molecular weight excluding hydrogens is 454 g/mol. The van der Waals surface area contributed by atoms with E-state index in [9.17, 15) is 5.11 Å². The zero-order chi connectivity index (χ0) is 26.7. The van der Waals surface area contributed by atoms with Crippen LogP contribution in [-0.2, 0) is 0 Å². The fourth-order valence-electron chi connectivity index (χ4n) is 5.43. The maximum atomic E-state index is 9.87. The molecule has 0 aromatic heterocycles. The number of allylic oxidation sites excluding steroid dienone is 10. The standard InChI is InChI=1S/C33H49N3O/c1-6-19-34-20-11-14-28-12-8-9-13-29(23-28)25-35-21-22-36(31(7-2)26-35)24-27(3)33(4,5)30-15-10-16-32(37)18-17-30/h9-13,15-20,23,27,30-31,37H,6-8,14,21-22,24-26H2,1-5H3/b20-11-,34-19?. The number of aliphatic hydroxyl groups is 1. The molecule has 4 heteroatoms. The second-order valence-electron chi connectivity index (χ2n) is 11.3. The third-order valence-corrected chi connectivity index (χ3v) is 8.32. The van der Waals surface area contributed by atoms with Crippen molar-refractivity contribution in [1.29, 1.82) is 0 Å². The summed E-state index contributed by atoms with van der Waals surface area (Å²) >= 11 is 0. The Kier molecular flexibility index (Phi) is 11.4. The maximum absolute atomic E-state index is 9.87. The molecule has 0 bridgehead atoms. The lowest BCUT2D eigenvalue weighted by molar-refractivity contribution is 0.0403. The van der Waals surface area contributed by atoms with E-state index in [1.165, 1.54) is 17.6 Å². The first kappa shape index (κ1) is 29.1. The van der Waals surface area contributed by atoms with E-state index in [1.54, 1.807) is 6.08 Å². The minimum absolute atomic E-state index is 0.107. The van der Waals surface area contributed by atoms with Gasteiger partial charge in [-0.05, 0) is 60.3 Å². The van der Waals surface area contributed by atoms with Gasteiger partial charge >= 0.3 is 0 Å². The minimum atomic E-state index is 0.107. The molecule has 2 aliphatic carbocycles. The number of nitrogens with zero attached hydrogens (tertiary/aromatic N) is 3. The van der Waals surface area contributed by atoms with Gasteiger partial charge in [0.15, 0.2) is 0 Å². The molecule has 37 heavy (non-hydrogen) atoms. The van der Waals surface area contributed by atoms with Crippen molar-refractivity contribution >= 4 is 6.21 Å². The number of aliphatic hydroxyl groups excluding tert-OH is 1. The Labute approximate surface area is 226 Å². The molecule has 1 aliphatic heterocycles. The Morgan fingerprint density at radius 1 is 1.16 bits per heavy atom. The van der Waals surface area contributed by atoms with Crippen molar-refractivity contribution in [1.82, 2.24) is 9.80 Å². The van der Waals surface area contributed by atoms with E-state index in [0.717, 1.165) is 52.0 Å². The van der Waals surface area contributed by atoms with Gasteiger partial charge in [-0.15, -0.1) is 0 Å². The number of aliphatic imine (C=N–C) groups is 1. The van der Waals surface area contributed by atoms with Gasteiger partial charge in [0.05, 0.1) is 0 Å². The SMILES string of the molecule is CCC=N/C=C\CC1=CCC=CC(CN2CCN(CC(C)C(C)(C)C3C=CC=C(O)C=C3)C(CC)C2)=C1. The normalized spacial score (nSPS) is 24.7. The quantitative estimate of drug-likeness (QED) is 0.298. The van der Waals surface area contributed by atoms with E-state index in [0.29, 0.717) is 23.6 Å². The van der Waals surface area contributed by atoms with Crippen LogP contribution < -0.4 is 0 Å². The summed E-state index contributed by atoms with van der Waals surface area (Å²) in [5, 5.41) is 9.87. The second-order valence-corrected chi connectivity index (χ2v) is 11.3. The number of rotatable bonds is 11. The highest BCUT2D eigenvalue weighted by atomic mass is 16.3. The van der Waals surface area contributed by atoms with Crippen LogP contribution >= 0.6 is 0 Å². The minimum Gasteiger partial charge on any atom is -0.508 e. The average Bonchev–Trinajstić information content (AvgIpc) is 3.25. The molecule has 3 unspecified atom stereocenters. The number of piperazine rings is 1. The summed E-state index contributed by atoms with van der Waals surface area (Å²) in [6.45, 7) is 17.1. The molecule has 1 heterocycles. The summed E-state index contributed by atoms with van der Waals surface area (Å²) in [6.07, 6.45) is 29.5. The molecule has 0 aromatic rings. The molecule has 4 nitrogen and oxygen atoms in total. The van der Waals surface area contributed by atoms with Crippen LogP contribution in [0.25, 0.3) is 0 Å². The van der Waals surface area contributed by atoms with Crippen LogP contribution in [0.5, 0.6) is 0 Å². The molecule has 202 valence electrons. The molecule has 1 saturated heterocycles. The Bertz CT molecular complexity index is 976. The van der Waals surface area contributed by atoms with E-state index < -0.39 is 0 Å². The second kappa shape index (κ2) is 14.5. The summed E-state index contributed by atoms with van der Waals surface area (Å²) in [7, 11) is 0. The molecule has 3 atom stereocenters.